The molecule has 53 heavy (non-hydrogen) atoms. The summed E-state index contributed by atoms with van der Waals surface area (Å²) in [5.41, 5.74) is 18.2. The van der Waals surface area contributed by atoms with Gasteiger partial charge in [0.1, 0.15) is 0 Å². The molecule has 3 N–H and O–H groups in total. The molecule has 8 rings (SSSR count). The molecule has 0 saturated carbocycles. The molecule has 1 saturated heterocycles. The van der Waals surface area contributed by atoms with Crippen molar-refractivity contribution in [2.75, 3.05) is 33.0 Å². The first-order chi connectivity index (χ1) is 25.5. The molecular formula is C43H41F3N2O5. The second-order valence-electron chi connectivity index (χ2n) is 13.7. The zero-order valence-corrected chi connectivity index (χ0v) is 29.5. The highest BCUT2D eigenvalue weighted by molar-refractivity contribution is 5.96. The number of ether oxygens (including phenoxy) is 3. The number of alkyl halides is 3. The molecule has 3 aliphatic rings. The maximum absolute atomic E-state index is 12.4. The molecule has 0 aromatic heterocycles. The number of methoxy groups -OCH3 is 2. The van der Waals surface area contributed by atoms with Gasteiger partial charge in [-0.2, -0.15) is 13.2 Å². The predicted octanol–water partition coefficient (Wildman–Crippen LogP) is 8.92. The summed E-state index contributed by atoms with van der Waals surface area (Å²) < 4.78 is 54.1. The fourth-order valence-corrected chi connectivity index (χ4v) is 7.75. The highest BCUT2D eigenvalue weighted by Gasteiger charge is 2.37. The van der Waals surface area contributed by atoms with Gasteiger partial charge in [-0.05, 0) is 74.7 Å². The van der Waals surface area contributed by atoms with E-state index in [4.69, 9.17) is 25.1 Å². The third kappa shape index (κ3) is 7.59. The fraction of sp³-hybridized carbons (Fsp3) is 0.279. The largest absolute Gasteiger partial charge is 0.478 e. The summed E-state index contributed by atoms with van der Waals surface area (Å²) in [7, 11) is 3.41. The zero-order chi connectivity index (χ0) is 37.3. The van der Waals surface area contributed by atoms with Crippen molar-refractivity contribution in [2.24, 2.45) is 5.92 Å². The molecule has 1 aliphatic carbocycles. The van der Waals surface area contributed by atoms with Crippen LogP contribution >= 0.6 is 0 Å². The number of hydrogen-bond acceptors (Lipinski definition) is 6. The normalized spacial score (nSPS) is 19.2. The van der Waals surface area contributed by atoms with Gasteiger partial charge in [0.05, 0.1) is 11.1 Å². The summed E-state index contributed by atoms with van der Waals surface area (Å²) in [6, 6.07) is 30.5. The first-order valence-corrected chi connectivity index (χ1v) is 17.6. The van der Waals surface area contributed by atoms with Crippen molar-refractivity contribution >= 4 is 11.7 Å². The molecule has 3 unspecified atom stereocenters. The maximum Gasteiger partial charge on any atom is 0.416 e. The summed E-state index contributed by atoms with van der Waals surface area (Å²) in [6.07, 6.45) is -1.92. The number of benzene rings is 5. The molecule has 1 fully saturated rings. The summed E-state index contributed by atoms with van der Waals surface area (Å²) >= 11 is 0. The van der Waals surface area contributed by atoms with E-state index in [0.29, 0.717) is 17.0 Å². The van der Waals surface area contributed by atoms with Gasteiger partial charge in [-0.15, -0.1) is 0 Å². The van der Waals surface area contributed by atoms with Gasteiger partial charge in [0, 0.05) is 63.9 Å². The van der Waals surface area contributed by atoms with E-state index in [1.54, 1.807) is 32.4 Å². The lowest BCUT2D eigenvalue weighted by molar-refractivity contribution is -0.193. The Hall–Kier alpha value is -5.00. The number of nitrogens with two attached hydrogens (primary N) is 1. The van der Waals surface area contributed by atoms with Crippen LogP contribution in [0.5, 0.6) is 0 Å². The monoisotopic (exact) mass is 722 g/mol. The second-order valence-corrected chi connectivity index (χ2v) is 13.7. The van der Waals surface area contributed by atoms with E-state index < -0.39 is 17.7 Å². The van der Waals surface area contributed by atoms with Crippen LogP contribution in [0.4, 0.5) is 18.9 Å². The molecule has 2 heterocycles. The number of halogens is 3. The number of hydrogen-bond donors (Lipinski definition) is 2. The Kier molecular flexibility index (Phi) is 10.4. The molecule has 0 amide bonds. The lowest BCUT2D eigenvalue weighted by Gasteiger charge is -2.32. The van der Waals surface area contributed by atoms with Gasteiger partial charge in [-0.25, -0.2) is 4.79 Å². The summed E-state index contributed by atoms with van der Waals surface area (Å²) in [6.45, 7) is 2.95. The molecule has 5 aromatic rings. The van der Waals surface area contributed by atoms with Crippen LogP contribution in [0, 0.1) is 5.92 Å². The van der Waals surface area contributed by atoms with E-state index in [1.807, 2.05) is 0 Å². The molecule has 2 aliphatic heterocycles. The summed E-state index contributed by atoms with van der Waals surface area (Å²) in [5, 5.41) is 9.03. The molecule has 0 bridgehead atoms. The molecule has 10 heteroatoms. The smallest absolute Gasteiger partial charge is 0.416 e. The second kappa shape index (κ2) is 15.2. The average Bonchev–Trinajstić information content (AvgIpc) is 3.76. The van der Waals surface area contributed by atoms with E-state index in [2.05, 4.69) is 59.5 Å². The van der Waals surface area contributed by atoms with Crippen molar-refractivity contribution in [3.63, 3.8) is 0 Å². The van der Waals surface area contributed by atoms with Gasteiger partial charge >= 0.3 is 12.1 Å². The number of aromatic carboxylic acids is 1. The first-order valence-electron chi connectivity index (χ1n) is 17.6. The van der Waals surface area contributed by atoms with Gasteiger partial charge in [0.15, 0.2) is 12.6 Å². The Morgan fingerprint density at radius 1 is 0.830 bits per heavy atom. The minimum Gasteiger partial charge on any atom is -0.478 e. The first kappa shape index (κ1) is 36.4. The van der Waals surface area contributed by atoms with E-state index in [9.17, 15) is 18.0 Å². The van der Waals surface area contributed by atoms with Gasteiger partial charge in [-0.1, -0.05) is 84.9 Å². The van der Waals surface area contributed by atoms with Gasteiger partial charge < -0.3 is 25.1 Å². The zero-order valence-electron chi connectivity index (χ0n) is 29.5. The number of rotatable bonds is 7. The maximum atomic E-state index is 12.4. The third-order valence-corrected chi connectivity index (χ3v) is 10.5. The van der Waals surface area contributed by atoms with Crippen LogP contribution in [-0.4, -0.2) is 55.9 Å². The standard InChI is InChI=1S/C29H32N2O3.C14H9F3O2/c1-32-27-15-22(29(33-2)34-27)17-31-12-11-18-13-20(7-8-21(18)16-31)24-9-10-25-23-6-4-3-5-19(23)14-26(25)28(24)30;15-14(16,17)10-7-5-9(6-8-10)11-3-1-2-4-12(11)13(18)19/h3-10,13,22,27,29H,11-12,14-17,30H2,1-2H3;1-8H,(H,18,19). The lowest BCUT2D eigenvalue weighted by Crippen LogP contribution is -2.37. The minimum atomic E-state index is -4.40. The van der Waals surface area contributed by atoms with E-state index in [-0.39, 0.29) is 18.1 Å². The lowest BCUT2D eigenvalue weighted by atomic mass is 9.91. The quantitative estimate of drug-likeness (QED) is 0.159. The third-order valence-electron chi connectivity index (χ3n) is 10.5. The topological polar surface area (TPSA) is 94.3 Å². The van der Waals surface area contributed by atoms with Crippen molar-refractivity contribution in [2.45, 2.75) is 44.6 Å². The molecule has 3 atom stereocenters. The predicted molar refractivity (Wildman–Crippen MR) is 198 cm³/mol. The van der Waals surface area contributed by atoms with Crippen LogP contribution in [0.3, 0.4) is 0 Å². The van der Waals surface area contributed by atoms with Crippen LogP contribution < -0.4 is 5.73 Å². The molecule has 0 radical (unpaired) electrons. The van der Waals surface area contributed by atoms with Gasteiger partial charge in [0.2, 0.25) is 0 Å². The van der Waals surface area contributed by atoms with Gasteiger partial charge in [-0.3, -0.25) is 4.90 Å². The summed E-state index contributed by atoms with van der Waals surface area (Å²) in [5.74, 6) is -0.790. The van der Waals surface area contributed by atoms with E-state index in [0.717, 1.165) is 62.3 Å². The number of carbonyl (C=O) groups is 1. The van der Waals surface area contributed by atoms with Crippen LogP contribution in [0.2, 0.25) is 0 Å². The minimum absolute atomic E-state index is 0.0576. The number of fused-ring (bicyclic) bond motifs is 4. The Balaban J connectivity index is 0.000000195. The van der Waals surface area contributed by atoms with Crippen LogP contribution in [0.25, 0.3) is 33.4 Å². The molecule has 0 spiro atoms. The molecule has 274 valence electrons. The van der Waals surface area contributed by atoms with Crippen molar-refractivity contribution in [1.82, 2.24) is 4.90 Å². The van der Waals surface area contributed by atoms with Crippen molar-refractivity contribution in [3.8, 4) is 33.4 Å². The highest BCUT2D eigenvalue weighted by Crippen LogP contribution is 2.43. The summed E-state index contributed by atoms with van der Waals surface area (Å²) in [4.78, 5) is 13.6. The Morgan fingerprint density at radius 2 is 1.53 bits per heavy atom. The number of nitrogen functional groups attached to an aromatic ring is 1. The number of anilines is 1. The highest BCUT2D eigenvalue weighted by atomic mass is 19.4. The fourth-order valence-electron chi connectivity index (χ4n) is 7.75. The number of carboxylic acid groups (broad SMARTS) is 1. The van der Waals surface area contributed by atoms with Crippen LogP contribution in [0.1, 0.15) is 44.6 Å². The Bertz CT molecular complexity index is 2120. The van der Waals surface area contributed by atoms with Crippen molar-refractivity contribution in [1.29, 1.82) is 0 Å². The number of nitrogens with zero attached hydrogens (tertiary/aromatic N) is 1. The Labute approximate surface area is 306 Å². The average molecular weight is 723 g/mol. The van der Waals surface area contributed by atoms with Gasteiger partial charge in [0.25, 0.3) is 0 Å². The Morgan fingerprint density at radius 3 is 2.25 bits per heavy atom. The molecule has 5 aromatic carbocycles. The van der Waals surface area contributed by atoms with Crippen molar-refractivity contribution < 1.29 is 37.3 Å². The molecule has 7 nitrogen and oxygen atoms in total. The van der Waals surface area contributed by atoms with E-state index in [1.165, 1.54) is 57.1 Å². The van der Waals surface area contributed by atoms with Crippen LogP contribution in [0.15, 0.2) is 103 Å². The van der Waals surface area contributed by atoms with Crippen molar-refractivity contribution in [3.05, 3.63) is 137 Å². The van der Waals surface area contributed by atoms with E-state index >= 15 is 0 Å². The van der Waals surface area contributed by atoms with Crippen LogP contribution in [-0.2, 0) is 39.8 Å². The SMILES string of the molecule is COC1CC(CN2CCc3cc(-c4ccc5c(c4N)Cc4ccccc4-5)ccc3C2)C(OC)O1.O=C(O)c1ccccc1-c1ccc(C(F)(F)F)cc1. The molecular weight excluding hydrogens is 681 g/mol. The number of carboxylic acids is 1.